The van der Waals surface area contributed by atoms with E-state index < -0.39 is 84.0 Å². The van der Waals surface area contributed by atoms with E-state index in [9.17, 15) is 48.6 Å². The number of para-hydroxylation sites is 1. The van der Waals surface area contributed by atoms with Gasteiger partial charge in [0.15, 0.2) is 11.6 Å². The number of imide groups is 1. The number of carbonyl (C=O) groups is 9. The van der Waals surface area contributed by atoms with Gasteiger partial charge >= 0.3 is 12.1 Å². The van der Waals surface area contributed by atoms with Crippen LogP contribution in [0.15, 0.2) is 113 Å². The number of anilines is 2. The highest BCUT2D eigenvalue weighted by atomic mass is 32.1. The molecule has 31 nitrogen and oxygen atoms in total. The van der Waals surface area contributed by atoms with Crippen molar-refractivity contribution in [2.24, 2.45) is 23.5 Å². The lowest BCUT2D eigenvalue weighted by Gasteiger charge is -2.48. The predicted octanol–water partition coefficient (Wildman–Crippen LogP) is 5.31. The van der Waals surface area contributed by atoms with Crippen LogP contribution < -0.4 is 46.9 Å². The number of aromatic nitrogens is 4. The molecule has 9 N–H and O–H groups in total. The van der Waals surface area contributed by atoms with Gasteiger partial charge < -0.3 is 71.1 Å². The molecule has 32 heteroatoms. The van der Waals surface area contributed by atoms with Gasteiger partial charge in [-0.3, -0.25) is 53.2 Å². The van der Waals surface area contributed by atoms with Crippen molar-refractivity contribution in [1.29, 1.82) is 0 Å². The van der Waals surface area contributed by atoms with Gasteiger partial charge in [-0.25, -0.2) is 14.6 Å². The van der Waals surface area contributed by atoms with Crippen LogP contribution >= 0.6 is 11.3 Å². The molecule has 0 aliphatic carbocycles. The highest BCUT2D eigenvalue weighted by Crippen LogP contribution is 2.41. The number of benzene rings is 3. The Morgan fingerprint density at radius 2 is 1.51 bits per heavy atom. The van der Waals surface area contributed by atoms with Gasteiger partial charge in [0.2, 0.25) is 35.8 Å². The smallest absolute Gasteiger partial charge is 0.417 e. The number of aliphatic hydroxyl groups is 1. The molecule has 3 saturated heterocycles. The minimum atomic E-state index is -1.43. The zero-order chi connectivity index (χ0) is 76.7. The van der Waals surface area contributed by atoms with E-state index in [2.05, 4.69) is 61.6 Å². The van der Waals surface area contributed by atoms with Crippen LogP contribution in [0, 0.1) is 24.7 Å². The summed E-state index contributed by atoms with van der Waals surface area (Å²) in [5, 5.41) is 49.1. The Morgan fingerprint density at radius 3 is 2.21 bits per heavy atom. The van der Waals surface area contributed by atoms with Crippen LogP contribution in [0.1, 0.15) is 114 Å². The maximum Gasteiger partial charge on any atom is 0.417 e. The number of carbonyl (C=O) groups excluding carboxylic acids is 9. The number of nitrogens with zero attached hydrogens (tertiary/aromatic N) is 10. The summed E-state index contributed by atoms with van der Waals surface area (Å²) in [5.74, 6) is -4.01. The molecule has 3 fully saturated rings. The van der Waals surface area contributed by atoms with Gasteiger partial charge in [0, 0.05) is 88.0 Å². The molecule has 8 atom stereocenters. The Labute approximate surface area is 630 Å². The van der Waals surface area contributed by atoms with Crippen LogP contribution in [0.4, 0.5) is 21.1 Å². The van der Waals surface area contributed by atoms with Gasteiger partial charge in [0.1, 0.15) is 36.4 Å². The molecule has 0 saturated carbocycles. The first-order valence-electron chi connectivity index (χ1n) is 36.8. The molecule has 1 unspecified atom stereocenters. The summed E-state index contributed by atoms with van der Waals surface area (Å²) in [6.45, 7) is 16.4. The van der Waals surface area contributed by atoms with E-state index in [-0.39, 0.29) is 112 Å². The Morgan fingerprint density at radius 1 is 0.769 bits per heavy atom. The van der Waals surface area contributed by atoms with E-state index in [0.29, 0.717) is 67.0 Å². The molecule has 0 spiro atoms. The average Bonchev–Trinajstić information content (AvgIpc) is 0.974. The van der Waals surface area contributed by atoms with Crippen molar-refractivity contribution < 1.29 is 72.1 Å². The predicted molar refractivity (Wildman–Crippen MR) is 398 cm³/mol. The number of aromatic hydroxyl groups is 1. The Hall–Kier alpha value is -10.4. The maximum absolute atomic E-state index is 15.1. The number of ether oxygens (including phenoxy) is 3. The second kappa shape index (κ2) is 36.5. The van der Waals surface area contributed by atoms with E-state index in [1.165, 1.54) is 9.80 Å². The number of amides is 10. The third-order valence-electron chi connectivity index (χ3n) is 20.2. The van der Waals surface area contributed by atoms with E-state index in [1.807, 2.05) is 57.5 Å². The topological polar surface area (TPSA) is 392 Å². The van der Waals surface area contributed by atoms with E-state index in [1.54, 1.807) is 91.9 Å². The number of nitrogens with one attached hydrogen (secondary N) is 5. The molecule has 576 valence electrons. The molecule has 11 rings (SSSR count). The van der Waals surface area contributed by atoms with Gasteiger partial charge in [0.05, 0.1) is 72.0 Å². The minimum Gasteiger partial charge on any atom is -0.507 e. The van der Waals surface area contributed by atoms with Gasteiger partial charge in [-0.05, 0) is 105 Å². The maximum atomic E-state index is 15.1. The quantitative estimate of drug-likeness (QED) is 0.0151. The van der Waals surface area contributed by atoms with Crippen molar-refractivity contribution in [2.75, 3.05) is 102 Å². The molecule has 108 heavy (non-hydrogen) atoms. The molecule has 10 amide bonds. The molecule has 0 radical (unpaired) electrons. The molecule has 0 bridgehead atoms. The zero-order valence-corrected chi connectivity index (χ0v) is 62.4. The SMILES string of the molecule is Cc1ncsc1-c1ccc([C@H](C)NC(=O)[C@@H]2C[C@@H](O)CN2C(=O)[C@@H](c2cc(OCCN3CCC(CN4CCN5c6cc(-c7ccccc7O)nnc6N(C(=O)OC(NC(=O)[C@H](CCCNC(N)=O)NC(=O)[C@@H](NC(=O)CCOCCN6C(=O)C=CC6=O)C(C)C)c6ccccc6)C[C@H]5C4)CC3)no2)C(C)C)cc1. The van der Waals surface area contributed by atoms with Crippen molar-refractivity contribution in [2.45, 2.75) is 129 Å². The number of phenols is 1. The molecule has 6 aromatic rings. The largest absolute Gasteiger partial charge is 0.507 e. The number of aryl methyl sites for hydroxylation is 1. The van der Waals surface area contributed by atoms with Gasteiger partial charge in [-0.15, -0.1) is 21.5 Å². The second-order valence-corrected chi connectivity index (χ2v) is 29.5. The summed E-state index contributed by atoms with van der Waals surface area (Å²) in [4.78, 5) is 137. The van der Waals surface area contributed by atoms with E-state index in [0.717, 1.165) is 71.2 Å². The summed E-state index contributed by atoms with van der Waals surface area (Å²) in [5.41, 5.74) is 11.8. The van der Waals surface area contributed by atoms with Crippen molar-refractivity contribution in [1.82, 2.24) is 66.5 Å². The van der Waals surface area contributed by atoms with Crippen molar-refractivity contribution >= 4 is 76.3 Å². The highest BCUT2D eigenvalue weighted by molar-refractivity contribution is 7.13. The van der Waals surface area contributed by atoms with Crippen LogP contribution in [-0.4, -0.2) is 226 Å². The first-order chi connectivity index (χ1) is 52.0. The number of rotatable bonds is 32. The molecular formula is C76H96N16O15S. The summed E-state index contributed by atoms with van der Waals surface area (Å²) >= 11 is 1.57. The van der Waals surface area contributed by atoms with E-state index >= 15 is 4.79 Å². The second-order valence-electron chi connectivity index (χ2n) is 28.6. The van der Waals surface area contributed by atoms with Crippen LogP contribution in [0.25, 0.3) is 21.7 Å². The molecule has 3 aromatic carbocycles. The normalized spacial score (nSPS) is 19.0. The first-order valence-corrected chi connectivity index (χ1v) is 37.7. The lowest BCUT2D eigenvalue weighted by atomic mass is 9.91. The fourth-order valence-corrected chi connectivity index (χ4v) is 15.2. The Bertz CT molecular complexity index is 4170. The molecule has 8 heterocycles. The summed E-state index contributed by atoms with van der Waals surface area (Å²) in [6.07, 6.45) is 1.07. The number of fused-ring (bicyclic) bond motifs is 3. The number of nitrogens with two attached hydrogens (primary N) is 1. The van der Waals surface area contributed by atoms with Gasteiger partial charge in [-0.1, -0.05) is 94.4 Å². The Kier molecular flexibility index (Phi) is 26.6. The number of β-amino-alcohol motifs (C(OH)–C–C–N with tert-alkyl or cyclic N) is 1. The number of primary amides is 1. The number of urea groups is 1. The summed E-state index contributed by atoms with van der Waals surface area (Å²) < 4.78 is 23.8. The lowest BCUT2D eigenvalue weighted by molar-refractivity contribution is -0.141. The molecule has 3 aromatic heterocycles. The fourth-order valence-electron chi connectivity index (χ4n) is 14.4. The molecular weight excluding hydrogens is 1410 g/mol. The first kappa shape index (κ1) is 78.7. The number of likely N-dealkylation sites (tertiary alicyclic amines) is 2. The summed E-state index contributed by atoms with van der Waals surface area (Å²) in [6, 6.07) is 21.9. The third-order valence-corrected chi connectivity index (χ3v) is 21.2. The average molecular weight is 1510 g/mol. The van der Waals surface area contributed by atoms with Crippen LogP contribution in [0.2, 0.25) is 0 Å². The fraction of sp³-hybridized carbons (Fsp3) is 0.487. The molecule has 5 aliphatic rings. The number of hydrogen-bond donors (Lipinski definition) is 8. The van der Waals surface area contributed by atoms with Crippen molar-refractivity contribution in [3.8, 4) is 33.3 Å². The van der Waals surface area contributed by atoms with Crippen LogP contribution in [0.3, 0.4) is 0 Å². The lowest BCUT2D eigenvalue weighted by Crippen LogP contribution is -2.61. The highest BCUT2D eigenvalue weighted by Gasteiger charge is 2.45. The van der Waals surface area contributed by atoms with E-state index in [4.69, 9.17) is 24.5 Å². The summed E-state index contributed by atoms with van der Waals surface area (Å²) in [7, 11) is 0. The number of thiazole rings is 1. The number of hydrogen-bond acceptors (Lipinski definition) is 23. The van der Waals surface area contributed by atoms with Crippen LogP contribution in [0.5, 0.6) is 11.6 Å². The van der Waals surface area contributed by atoms with Crippen LogP contribution in [-0.2, 0) is 43.0 Å². The van der Waals surface area contributed by atoms with Crippen molar-refractivity contribution in [3.05, 3.63) is 131 Å². The van der Waals surface area contributed by atoms with Crippen molar-refractivity contribution in [3.63, 3.8) is 0 Å². The molecule has 5 aliphatic heterocycles. The third kappa shape index (κ3) is 19.8. The number of piperidine rings is 1. The zero-order valence-electron chi connectivity index (χ0n) is 61.5. The number of phenolic OH excluding ortho intramolecular Hbond substituents is 1. The minimum absolute atomic E-state index is 0.00134. The number of aliphatic hydroxyl groups excluding tert-OH is 1. The van der Waals surface area contributed by atoms with Gasteiger partial charge in [0.25, 0.3) is 17.7 Å². The van der Waals surface area contributed by atoms with Gasteiger partial charge in [-0.2, -0.15) is 0 Å². The Balaban J connectivity index is 0.695. The monoisotopic (exact) mass is 1500 g/mol. The number of piperazine rings is 1. The standard InChI is InChI=1S/C76H96N16O15S/c1-45(2)66(74(101)91-43-54(93)37-59(91)71(99)80-47(5)50-18-20-51(21-19-50)68-48(6)79-44-108-68)61-39-63(86-107-61)105-36-32-87-28-24-49(25-29-87)40-88-30-31-89-53(41-88)42-92(69-58(89)38-57(84-85-69)55-15-10-11-17-60(55)94)76(103)106-73(52-13-8-7-9-14-52)83-70(98)56(16-12-27-78-75(77)102)81-72(100)67(46(3)4)82-62(95)26-34-104-35-33-90-64(96)22-23-65(90)97/h7-11,13-15,17-23,38-39,44-47,49,53-54,56,59,66-67,73,93-94H,12,16,24-37,40-43H2,1-6H3,(H,80,99)(H,81,100)(H,82,95)(H,83,98)(H3,77,78,102)/t47-,53+,54+,56-,59-,66+,67-,73?/m0/s1.